The lowest BCUT2D eigenvalue weighted by Crippen LogP contribution is -2.14. The first-order chi connectivity index (χ1) is 16.6. The second-order valence-electron chi connectivity index (χ2n) is 7.75. The molecule has 0 radical (unpaired) electrons. The lowest BCUT2D eigenvalue weighted by Gasteiger charge is -2.14. The van der Waals surface area contributed by atoms with Gasteiger partial charge in [0.1, 0.15) is 11.4 Å². The molecule has 0 aliphatic carbocycles. The van der Waals surface area contributed by atoms with Crippen molar-refractivity contribution >= 4 is 17.6 Å². The Labute approximate surface area is 196 Å². The molecular weight excluding hydrogens is 478 g/mol. The van der Waals surface area contributed by atoms with Crippen molar-refractivity contribution in [3.05, 3.63) is 53.2 Å². The van der Waals surface area contributed by atoms with Gasteiger partial charge in [-0.05, 0) is 55.2 Å². The number of pyridine rings is 1. The minimum atomic E-state index is -4.68. The van der Waals surface area contributed by atoms with Crippen LogP contribution in [0.25, 0.3) is 11.5 Å². The second kappa shape index (κ2) is 10.0. The minimum Gasteiger partial charge on any atom is -0.380 e. The lowest BCUT2D eigenvalue weighted by atomic mass is 10.0. The fourth-order valence-electron chi connectivity index (χ4n) is 3.41. The number of fused-ring (bicyclic) bond motifs is 4. The zero-order chi connectivity index (χ0) is 25.1. The summed E-state index contributed by atoms with van der Waals surface area (Å²) in [7, 11) is 0. The number of anilines is 3. The van der Waals surface area contributed by atoms with E-state index in [1.54, 1.807) is 6.07 Å². The Morgan fingerprint density at radius 2 is 1.60 bits per heavy atom. The van der Waals surface area contributed by atoms with Gasteiger partial charge in [-0.1, -0.05) is 6.07 Å². The number of aromatic nitrogens is 4. The molecule has 186 valence electrons. The van der Waals surface area contributed by atoms with Gasteiger partial charge in [0, 0.05) is 18.8 Å². The lowest BCUT2D eigenvalue weighted by molar-refractivity contribution is -0.141. The number of nitrogens with zero attached hydrogens (tertiary/aromatic N) is 4. The van der Waals surface area contributed by atoms with Gasteiger partial charge in [0.05, 0.1) is 12.2 Å². The van der Waals surface area contributed by atoms with Crippen LogP contribution in [0, 0.1) is 0 Å². The number of rotatable bonds is 1. The Morgan fingerprint density at radius 1 is 0.800 bits per heavy atom. The average Bonchev–Trinajstić information content (AvgIpc) is 2.79. The second-order valence-corrected chi connectivity index (χ2v) is 7.75. The maximum Gasteiger partial charge on any atom is 0.433 e. The number of hydrogen-bond acceptors (Lipinski definition) is 7. The summed E-state index contributed by atoms with van der Waals surface area (Å²) in [6, 6.07) is 6.83. The highest BCUT2D eigenvalue weighted by atomic mass is 19.4. The molecule has 0 atom stereocenters. The first kappa shape index (κ1) is 24.6. The smallest absolute Gasteiger partial charge is 0.380 e. The van der Waals surface area contributed by atoms with E-state index in [1.807, 2.05) is 0 Å². The molecule has 0 amide bonds. The molecule has 35 heavy (non-hydrogen) atoms. The monoisotopic (exact) mass is 498 g/mol. The zero-order valence-electron chi connectivity index (χ0n) is 18.2. The highest BCUT2D eigenvalue weighted by Crippen LogP contribution is 2.33. The predicted octanol–water partition coefficient (Wildman–Crippen LogP) is 5.48. The summed E-state index contributed by atoms with van der Waals surface area (Å²) >= 11 is 0. The van der Waals surface area contributed by atoms with Gasteiger partial charge in [-0.2, -0.15) is 41.3 Å². The topological polar surface area (TPSA) is 84.9 Å². The summed E-state index contributed by atoms with van der Waals surface area (Å²) in [6.07, 6.45) is -7.55. The number of alkyl halides is 6. The molecule has 0 saturated carbocycles. The van der Waals surface area contributed by atoms with E-state index in [2.05, 4.69) is 30.6 Å². The predicted molar refractivity (Wildman–Crippen MR) is 115 cm³/mol. The minimum absolute atomic E-state index is 0.00221. The number of halogens is 6. The Kier molecular flexibility index (Phi) is 7.05. The molecule has 3 aromatic rings. The number of ether oxygens (including phenoxy) is 1. The van der Waals surface area contributed by atoms with Gasteiger partial charge in [0.25, 0.3) is 0 Å². The van der Waals surface area contributed by atoms with E-state index in [4.69, 9.17) is 4.74 Å². The molecular formula is C22H20F6N6O. The maximum absolute atomic E-state index is 13.5. The number of hydrogen-bond donors (Lipinski definition) is 2. The first-order valence-electron chi connectivity index (χ1n) is 10.7. The van der Waals surface area contributed by atoms with E-state index in [0.717, 1.165) is 24.3 Å². The summed E-state index contributed by atoms with van der Waals surface area (Å²) in [5.41, 5.74) is -1.60. The zero-order valence-corrected chi connectivity index (χ0v) is 18.2. The highest BCUT2D eigenvalue weighted by molar-refractivity contribution is 5.60. The van der Waals surface area contributed by atoms with Crippen LogP contribution in [0.4, 0.5) is 43.9 Å². The van der Waals surface area contributed by atoms with Crippen molar-refractivity contribution in [3.63, 3.8) is 0 Å². The molecule has 4 rings (SSSR count). The van der Waals surface area contributed by atoms with Crippen LogP contribution < -0.4 is 10.6 Å². The Bertz CT molecular complexity index is 1180. The van der Waals surface area contributed by atoms with Crippen molar-refractivity contribution in [3.8, 4) is 11.5 Å². The highest BCUT2D eigenvalue weighted by Gasteiger charge is 2.33. The molecule has 1 aliphatic rings. The molecule has 0 saturated heterocycles. The van der Waals surface area contributed by atoms with Crippen molar-refractivity contribution in [1.82, 2.24) is 19.9 Å². The Morgan fingerprint density at radius 3 is 2.37 bits per heavy atom. The molecule has 0 spiro atoms. The Balaban J connectivity index is 1.77. The van der Waals surface area contributed by atoms with Gasteiger partial charge < -0.3 is 15.4 Å². The fraction of sp³-hybridized carbons (Fsp3) is 0.364. The molecule has 1 aromatic carbocycles. The maximum atomic E-state index is 13.5. The molecule has 3 heterocycles. The van der Waals surface area contributed by atoms with E-state index in [1.165, 1.54) is 6.07 Å². The Hall–Kier alpha value is -3.48. The third kappa shape index (κ3) is 6.56. The van der Waals surface area contributed by atoms with Gasteiger partial charge in [0.2, 0.25) is 11.9 Å². The van der Waals surface area contributed by atoms with Crippen LogP contribution in [0.15, 0.2) is 36.4 Å². The number of nitrogens with one attached hydrogen (secondary N) is 2. The van der Waals surface area contributed by atoms with Crippen LogP contribution in [0.1, 0.15) is 29.7 Å². The van der Waals surface area contributed by atoms with Crippen molar-refractivity contribution in [2.75, 3.05) is 30.4 Å². The third-order valence-corrected chi connectivity index (χ3v) is 5.01. The molecule has 2 N–H and O–H groups in total. The van der Waals surface area contributed by atoms with Crippen LogP contribution in [-0.2, 0) is 23.5 Å². The van der Waals surface area contributed by atoms with E-state index in [-0.39, 0.29) is 29.1 Å². The van der Waals surface area contributed by atoms with Crippen LogP contribution >= 0.6 is 0 Å². The standard InChI is InChI=1S/C22H20F6N6O/c23-21(24,25)14-10-13-4-1-2-8-35-9-7-29-19-32-18(33-20(34-19)30-15(11-13)12-14)16-5-3-6-17(31-16)22(26,27)28/h3,5-6,10-12H,1-2,4,7-9H2,(H2,29,30,32,33,34). The van der Waals surface area contributed by atoms with E-state index >= 15 is 0 Å². The molecule has 7 nitrogen and oxygen atoms in total. The van der Waals surface area contributed by atoms with Crippen molar-refractivity contribution in [2.45, 2.75) is 31.6 Å². The van der Waals surface area contributed by atoms with Crippen LogP contribution in [0.5, 0.6) is 0 Å². The molecule has 2 aromatic heterocycles. The van der Waals surface area contributed by atoms with Crippen molar-refractivity contribution < 1.29 is 31.1 Å². The third-order valence-electron chi connectivity index (χ3n) is 5.01. The van der Waals surface area contributed by atoms with Crippen molar-refractivity contribution in [2.24, 2.45) is 0 Å². The van der Waals surface area contributed by atoms with Gasteiger partial charge in [0.15, 0.2) is 5.82 Å². The fourth-order valence-corrected chi connectivity index (χ4v) is 3.41. The van der Waals surface area contributed by atoms with E-state index < -0.39 is 23.6 Å². The summed E-state index contributed by atoms with van der Waals surface area (Å²) in [4.78, 5) is 16.0. The van der Waals surface area contributed by atoms with Crippen LogP contribution in [0.2, 0.25) is 0 Å². The quantitative estimate of drug-likeness (QED) is 0.430. The van der Waals surface area contributed by atoms with Gasteiger partial charge in [-0.3, -0.25) is 0 Å². The van der Waals surface area contributed by atoms with Gasteiger partial charge >= 0.3 is 12.4 Å². The first-order valence-corrected chi connectivity index (χ1v) is 10.7. The molecule has 13 heteroatoms. The summed E-state index contributed by atoms with van der Waals surface area (Å²) in [5, 5.41) is 5.63. The normalized spacial score (nSPS) is 15.4. The van der Waals surface area contributed by atoms with Crippen LogP contribution in [-0.4, -0.2) is 39.7 Å². The largest absolute Gasteiger partial charge is 0.433 e. The number of aryl methyl sites for hydroxylation is 1. The molecule has 1 aliphatic heterocycles. The molecule has 0 unspecified atom stereocenters. The van der Waals surface area contributed by atoms with E-state index in [0.29, 0.717) is 44.6 Å². The summed E-state index contributed by atoms with van der Waals surface area (Å²) in [6.45, 7) is 1.02. The molecule has 0 fully saturated rings. The van der Waals surface area contributed by atoms with Crippen molar-refractivity contribution in [1.29, 1.82) is 0 Å². The summed E-state index contributed by atoms with van der Waals surface area (Å²) < 4.78 is 85.3. The van der Waals surface area contributed by atoms with Gasteiger partial charge in [-0.25, -0.2) is 4.98 Å². The van der Waals surface area contributed by atoms with E-state index in [9.17, 15) is 26.3 Å². The van der Waals surface area contributed by atoms with Crippen LogP contribution in [0.3, 0.4) is 0 Å². The SMILES string of the molecule is FC(F)(F)c1cc2cc(c1)Nc1nc(nc(-c3cccc(C(F)(F)F)n3)n1)NCCOCCCC2. The van der Waals surface area contributed by atoms with Gasteiger partial charge in [-0.15, -0.1) is 0 Å². The molecule has 4 bridgehead atoms. The number of benzene rings is 1. The average molecular weight is 498 g/mol. The summed E-state index contributed by atoms with van der Waals surface area (Å²) in [5.74, 6) is -0.339.